The fourth-order valence-corrected chi connectivity index (χ4v) is 2.77. The summed E-state index contributed by atoms with van der Waals surface area (Å²) in [4.78, 5) is 4.53. The average Bonchev–Trinajstić information content (AvgIpc) is 2.74. The van der Waals surface area contributed by atoms with Gasteiger partial charge in [-0.2, -0.15) is 0 Å². The first-order chi connectivity index (χ1) is 8.57. The van der Waals surface area contributed by atoms with Gasteiger partial charge in [-0.1, -0.05) is 26.0 Å². The Kier molecular flexibility index (Phi) is 3.71. The van der Waals surface area contributed by atoms with Crippen LogP contribution in [-0.4, -0.2) is 29.5 Å². The molecule has 0 bridgehead atoms. The van der Waals surface area contributed by atoms with Crippen molar-refractivity contribution in [3.63, 3.8) is 0 Å². The van der Waals surface area contributed by atoms with Gasteiger partial charge < -0.3 is 4.57 Å². The number of hydrogen-bond donors (Lipinski definition) is 0. The molecule has 0 unspecified atom stereocenters. The van der Waals surface area contributed by atoms with E-state index in [0.29, 0.717) is 6.54 Å². The first-order valence-electron chi connectivity index (χ1n) is 6.22. The van der Waals surface area contributed by atoms with E-state index in [9.17, 15) is 8.42 Å². The van der Waals surface area contributed by atoms with E-state index in [1.165, 1.54) is 0 Å². The summed E-state index contributed by atoms with van der Waals surface area (Å²) in [6.45, 7) is 4.20. The number of hydrogen-bond acceptors (Lipinski definition) is 3. The highest BCUT2D eigenvalue weighted by Crippen LogP contribution is 2.16. The Bertz CT molecular complexity index is 644. The third-order valence-corrected chi connectivity index (χ3v) is 4.80. The van der Waals surface area contributed by atoms with Crippen molar-refractivity contribution in [3.8, 4) is 0 Å². The summed E-state index contributed by atoms with van der Waals surface area (Å²) in [5, 5.41) is 0. The molecule has 0 aliphatic heterocycles. The molecule has 0 aliphatic carbocycles. The summed E-state index contributed by atoms with van der Waals surface area (Å²) in [7, 11) is -2.94. The van der Waals surface area contributed by atoms with E-state index in [4.69, 9.17) is 0 Å². The molecule has 2 aromatic rings. The Hall–Kier alpha value is -1.36. The van der Waals surface area contributed by atoms with Gasteiger partial charge in [-0.15, -0.1) is 0 Å². The molecule has 0 saturated heterocycles. The van der Waals surface area contributed by atoms with Crippen LogP contribution in [0.25, 0.3) is 11.0 Å². The van der Waals surface area contributed by atoms with E-state index >= 15 is 0 Å². The van der Waals surface area contributed by atoms with Gasteiger partial charge in [-0.05, 0) is 12.1 Å². The Morgan fingerprint density at radius 1 is 1.22 bits per heavy atom. The van der Waals surface area contributed by atoms with E-state index in [-0.39, 0.29) is 11.5 Å². The first kappa shape index (κ1) is 13.1. The van der Waals surface area contributed by atoms with Crippen LogP contribution in [0.5, 0.6) is 0 Å². The average molecular weight is 266 g/mol. The molecule has 0 N–H and O–H groups in total. The van der Waals surface area contributed by atoms with Crippen LogP contribution in [-0.2, 0) is 22.8 Å². The Morgan fingerprint density at radius 3 is 2.61 bits per heavy atom. The van der Waals surface area contributed by atoms with E-state index in [1.54, 1.807) is 6.92 Å². The molecule has 0 spiro atoms. The van der Waals surface area contributed by atoms with Gasteiger partial charge in [0.25, 0.3) is 0 Å². The van der Waals surface area contributed by atoms with Gasteiger partial charge in [0.2, 0.25) is 0 Å². The predicted molar refractivity (Wildman–Crippen MR) is 73.4 cm³/mol. The highest BCUT2D eigenvalue weighted by atomic mass is 32.2. The SMILES string of the molecule is CCc1nc2ccccc2n1CCS(=O)(=O)CC. The van der Waals surface area contributed by atoms with Gasteiger partial charge in [0, 0.05) is 18.7 Å². The van der Waals surface area contributed by atoms with Gasteiger partial charge >= 0.3 is 0 Å². The molecular weight excluding hydrogens is 248 g/mol. The third-order valence-electron chi connectivity index (χ3n) is 3.12. The maximum absolute atomic E-state index is 11.6. The molecular formula is C13H18N2O2S. The summed E-state index contributed by atoms with van der Waals surface area (Å²) >= 11 is 0. The van der Waals surface area contributed by atoms with Crippen molar-refractivity contribution in [1.82, 2.24) is 9.55 Å². The normalized spacial score (nSPS) is 12.1. The van der Waals surface area contributed by atoms with Crippen LogP contribution in [0.2, 0.25) is 0 Å². The predicted octanol–water partition coefficient (Wildman–Crippen LogP) is 2.03. The minimum Gasteiger partial charge on any atom is -0.327 e. The van der Waals surface area contributed by atoms with Crippen molar-refractivity contribution in [1.29, 1.82) is 0 Å². The highest BCUT2D eigenvalue weighted by molar-refractivity contribution is 7.91. The second-order valence-electron chi connectivity index (χ2n) is 4.26. The summed E-state index contributed by atoms with van der Waals surface area (Å²) in [6, 6.07) is 7.84. The molecule has 2 rings (SSSR count). The molecule has 98 valence electrons. The lowest BCUT2D eigenvalue weighted by molar-refractivity contribution is 0.589. The second-order valence-corrected chi connectivity index (χ2v) is 6.73. The number of fused-ring (bicyclic) bond motifs is 1. The largest absolute Gasteiger partial charge is 0.327 e. The molecule has 0 saturated carbocycles. The maximum Gasteiger partial charge on any atom is 0.151 e. The van der Waals surface area contributed by atoms with Gasteiger partial charge in [0.1, 0.15) is 5.82 Å². The summed E-state index contributed by atoms with van der Waals surface area (Å²) in [5.41, 5.74) is 1.95. The number of rotatable bonds is 5. The zero-order valence-electron chi connectivity index (χ0n) is 10.8. The molecule has 5 heteroatoms. The van der Waals surface area contributed by atoms with Crippen LogP contribution < -0.4 is 0 Å². The first-order valence-corrected chi connectivity index (χ1v) is 8.04. The number of aryl methyl sites for hydroxylation is 2. The van der Waals surface area contributed by atoms with Crippen LogP contribution in [0.3, 0.4) is 0 Å². The van der Waals surface area contributed by atoms with Crippen molar-refractivity contribution >= 4 is 20.9 Å². The third kappa shape index (κ3) is 2.56. The van der Waals surface area contributed by atoms with Crippen molar-refractivity contribution in [2.75, 3.05) is 11.5 Å². The lowest BCUT2D eigenvalue weighted by atomic mass is 10.3. The second kappa shape index (κ2) is 5.10. The minimum atomic E-state index is -2.94. The summed E-state index contributed by atoms with van der Waals surface area (Å²) < 4.78 is 25.2. The monoisotopic (exact) mass is 266 g/mol. The number of para-hydroxylation sites is 2. The Labute approximate surface area is 108 Å². The molecule has 0 aliphatic rings. The number of aromatic nitrogens is 2. The van der Waals surface area contributed by atoms with Crippen LogP contribution in [0.1, 0.15) is 19.7 Å². The summed E-state index contributed by atoms with van der Waals surface area (Å²) in [5.74, 6) is 1.32. The number of benzene rings is 1. The fourth-order valence-electron chi connectivity index (χ4n) is 2.02. The molecule has 1 aromatic carbocycles. The zero-order valence-corrected chi connectivity index (χ0v) is 11.6. The van der Waals surface area contributed by atoms with E-state index in [1.807, 2.05) is 35.8 Å². The van der Waals surface area contributed by atoms with Crippen molar-refractivity contribution < 1.29 is 8.42 Å². The fraction of sp³-hybridized carbons (Fsp3) is 0.462. The van der Waals surface area contributed by atoms with Crippen molar-refractivity contribution in [2.45, 2.75) is 26.8 Å². The number of imidazole rings is 1. The van der Waals surface area contributed by atoms with Gasteiger partial charge in [-0.25, -0.2) is 13.4 Å². The molecule has 0 amide bonds. The van der Waals surface area contributed by atoms with Gasteiger partial charge in [0.05, 0.1) is 16.8 Å². The smallest absolute Gasteiger partial charge is 0.151 e. The molecule has 0 fully saturated rings. The van der Waals surface area contributed by atoms with E-state index < -0.39 is 9.84 Å². The van der Waals surface area contributed by atoms with Crippen LogP contribution in [0, 0.1) is 0 Å². The molecule has 1 aromatic heterocycles. The van der Waals surface area contributed by atoms with Crippen LogP contribution in [0.15, 0.2) is 24.3 Å². The number of nitrogens with zero attached hydrogens (tertiary/aromatic N) is 2. The molecule has 4 nitrogen and oxygen atoms in total. The zero-order chi connectivity index (χ0) is 13.2. The van der Waals surface area contributed by atoms with Crippen molar-refractivity contribution in [2.24, 2.45) is 0 Å². The minimum absolute atomic E-state index is 0.177. The highest BCUT2D eigenvalue weighted by Gasteiger charge is 2.12. The quantitative estimate of drug-likeness (QED) is 0.832. The van der Waals surface area contributed by atoms with Crippen LogP contribution >= 0.6 is 0 Å². The molecule has 0 atom stereocenters. The van der Waals surface area contributed by atoms with Gasteiger partial charge in [-0.3, -0.25) is 0 Å². The Morgan fingerprint density at radius 2 is 1.94 bits per heavy atom. The van der Waals surface area contributed by atoms with Crippen molar-refractivity contribution in [3.05, 3.63) is 30.1 Å². The maximum atomic E-state index is 11.6. The topological polar surface area (TPSA) is 52.0 Å². The molecule has 0 radical (unpaired) electrons. The standard InChI is InChI=1S/C13H18N2O2S/c1-3-13-14-11-7-5-6-8-12(11)15(13)9-10-18(16,17)4-2/h5-8H,3-4,9-10H2,1-2H3. The van der Waals surface area contributed by atoms with Crippen LogP contribution in [0.4, 0.5) is 0 Å². The lowest BCUT2D eigenvalue weighted by Gasteiger charge is -2.07. The van der Waals surface area contributed by atoms with E-state index in [0.717, 1.165) is 23.3 Å². The van der Waals surface area contributed by atoms with E-state index in [2.05, 4.69) is 4.98 Å². The molecule has 18 heavy (non-hydrogen) atoms. The van der Waals surface area contributed by atoms with Gasteiger partial charge in [0.15, 0.2) is 9.84 Å². The Balaban J connectivity index is 2.37. The number of sulfone groups is 1. The molecule has 1 heterocycles. The summed E-state index contributed by atoms with van der Waals surface area (Å²) in [6.07, 6.45) is 0.806. The lowest BCUT2D eigenvalue weighted by Crippen LogP contribution is -2.16.